The number of amides is 2. The molecule has 1 fully saturated rings. The zero-order chi connectivity index (χ0) is 12.6. The van der Waals surface area contributed by atoms with Crippen molar-refractivity contribution in [1.29, 1.82) is 0 Å². The lowest BCUT2D eigenvalue weighted by Crippen LogP contribution is -2.63. The van der Waals surface area contributed by atoms with Crippen LogP contribution in [0.5, 0.6) is 0 Å². The molecule has 0 unspecified atom stereocenters. The van der Waals surface area contributed by atoms with Crippen LogP contribution in [0.15, 0.2) is 0 Å². The number of anilines is 1. The lowest BCUT2D eigenvalue weighted by molar-refractivity contribution is -0.145. The molecule has 1 saturated heterocycles. The van der Waals surface area contributed by atoms with Crippen LogP contribution in [0.3, 0.4) is 0 Å². The minimum Gasteiger partial charge on any atom is -0.388 e. The highest BCUT2D eigenvalue weighted by atomic mass is 32.1. The van der Waals surface area contributed by atoms with Gasteiger partial charge in [0.05, 0.1) is 12.1 Å². The summed E-state index contributed by atoms with van der Waals surface area (Å²) in [5.41, 5.74) is 5.54. The first kappa shape index (κ1) is 11.9. The first-order chi connectivity index (χ1) is 7.91. The van der Waals surface area contributed by atoms with Crippen LogP contribution in [-0.2, 0) is 16.1 Å². The van der Waals surface area contributed by atoms with E-state index in [9.17, 15) is 9.59 Å². The zero-order valence-electron chi connectivity index (χ0n) is 9.56. The van der Waals surface area contributed by atoms with E-state index in [1.165, 1.54) is 0 Å². The first-order valence-corrected chi connectivity index (χ1v) is 5.84. The van der Waals surface area contributed by atoms with Crippen molar-refractivity contribution in [3.63, 3.8) is 0 Å². The van der Waals surface area contributed by atoms with Crippen molar-refractivity contribution in [2.45, 2.75) is 25.9 Å². The summed E-state index contributed by atoms with van der Waals surface area (Å²) in [6, 6.07) is 0. The van der Waals surface area contributed by atoms with Crippen molar-refractivity contribution in [1.82, 2.24) is 19.8 Å². The fourth-order valence-electron chi connectivity index (χ4n) is 1.59. The fraction of sp³-hybridized carbons (Fsp3) is 0.556. The molecule has 0 aliphatic carbocycles. The standard InChI is InChI=1S/C9H13N5O2S/c1-9(2)8(16)11-6(15)4-14(9)3-5-7(10)17-13-12-5/h3-4,10H2,1-2H3,(H,11,15,16). The second-order valence-electron chi connectivity index (χ2n) is 4.38. The van der Waals surface area contributed by atoms with Gasteiger partial charge >= 0.3 is 0 Å². The molecule has 92 valence electrons. The summed E-state index contributed by atoms with van der Waals surface area (Å²) in [4.78, 5) is 24.8. The summed E-state index contributed by atoms with van der Waals surface area (Å²) in [5.74, 6) is -0.619. The molecule has 0 spiro atoms. The molecule has 1 aromatic rings. The molecule has 7 nitrogen and oxygen atoms in total. The molecular weight excluding hydrogens is 242 g/mol. The molecule has 2 rings (SSSR count). The Kier molecular flexibility index (Phi) is 2.84. The van der Waals surface area contributed by atoms with Crippen LogP contribution in [0.25, 0.3) is 0 Å². The molecule has 8 heteroatoms. The Labute approximate surface area is 102 Å². The van der Waals surface area contributed by atoms with Crippen LogP contribution >= 0.6 is 11.5 Å². The molecule has 0 atom stereocenters. The third-order valence-electron chi connectivity index (χ3n) is 2.86. The Balaban J connectivity index is 2.21. The quantitative estimate of drug-likeness (QED) is 0.681. The zero-order valence-corrected chi connectivity index (χ0v) is 10.4. The summed E-state index contributed by atoms with van der Waals surface area (Å²) in [6.07, 6.45) is 0. The van der Waals surface area contributed by atoms with Gasteiger partial charge in [-0.05, 0) is 13.8 Å². The Morgan fingerprint density at radius 2 is 2.24 bits per heavy atom. The number of rotatable bonds is 2. The van der Waals surface area contributed by atoms with Gasteiger partial charge in [0, 0.05) is 18.1 Å². The maximum absolute atomic E-state index is 11.7. The highest BCUT2D eigenvalue weighted by molar-refractivity contribution is 7.09. The lowest BCUT2D eigenvalue weighted by atomic mass is 9.98. The van der Waals surface area contributed by atoms with E-state index in [4.69, 9.17) is 5.73 Å². The molecule has 3 N–H and O–H groups in total. The van der Waals surface area contributed by atoms with Crippen LogP contribution < -0.4 is 11.1 Å². The van der Waals surface area contributed by atoms with Gasteiger partial charge < -0.3 is 5.73 Å². The monoisotopic (exact) mass is 255 g/mol. The van der Waals surface area contributed by atoms with Crippen molar-refractivity contribution in [3.8, 4) is 0 Å². The predicted octanol–water partition coefficient (Wildman–Crippen LogP) is -0.643. The average Bonchev–Trinajstić information content (AvgIpc) is 2.61. The van der Waals surface area contributed by atoms with E-state index < -0.39 is 5.54 Å². The van der Waals surface area contributed by atoms with Crippen LogP contribution in [0, 0.1) is 0 Å². The molecule has 0 radical (unpaired) electrons. The molecule has 2 heterocycles. The van der Waals surface area contributed by atoms with Gasteiger partial charge in [0.15, 0.2) is 0 Å². The van der Waals surface area contributed by atoms with E-state index in [1.54, 1.807) is 18.7 Å². The molecule has 1 aromatic heterocycles. The van der Waals surface area contributed by atoms with Gasteiger partial charge in [0.1, 0.15) is 10.7 Å². The number of nitrogens with one attached hydrogen (secondary N) is 1. The Morgan fingerprint density at radius 1 is 1.53 bits per heavy atom. The van der Waals surface area contributed by atoms with Gasteiger partial charge in [-0.1, -0.05) is 4.49 Å². The van der Waals surface area contributed by atoms with Gasteiger partial charge in [-0.25, -0.2) is 0 Å². The molecular formula is C9H13N5O2S. The summed E-state index contributed by atoms with van der Waals surface area (Å²) < 4.78 is 3.73. The number of hydrogen-bond acceptors (Lipinski definition) is 7. The van der Waals surface area contributed by atoms with Gasteiger partial charge in [0.25, 0.3) is 0 Å². The number of aromatic nitrogens is 2. The molecule has 0 bridgehead atoms. The maximum atomic E-state index is 11.7. The summed E-state index contributed by atoms with van der Waals surface area (Å²) in [6.45, 7) is 4.00. The van der Waals surface area contributed by atoms with Gasteiger partial charge in [-0.2, -0.15) is 0 Å². The number of nitrogens with two attached hydrogens (primary N) is 1. The number of nitrogens with zero attached hydrogens (tertiary/aromatic N) is 3. The number of nitrogen functional groups attached to an aromatic ring is 1. The van der Waals surface area contributed by atoms with Crippen LogP contribution in [0.4, 0.5) is 5.00 Å². The van der Waals surface area contributed by atoms with Crippen LogP contribution in [0.2, 0.25) is 0 Å². The molecule has 0 aromatic carbocycles. The second kappa shape index (κ2) is 4.04. The van der Waals surface area contributed by atoms with Crippen molar-refractivity contribution in [2.75, 3.05) is 12.3 Å². The number of piperazine rings is 1. The van der Waals surface area contributed by atoms with Crippen molar-refractivity contribution in [3.05, 3.63) is 5.69 Å². The maximum Gasteiger partial charge on any atom is 0.246 e. The van der Waals surface area contributed by atoms with E-state index in [-0.39, 0.29) is 18.4 Å². The number of imide groups is 1. The van der Waals surface area contributed by atoms with E-state index in [1.807, 2.05) is 0 Å². The minimum absolute atomic E-state index is 0.149. The van der Waals surface area contributed by atoms with E-state index >= 15 is 0 Å². The van der Waals surface area contributed by atoms with Gasteiger partial charge in [-0.3, -0.25) is 19.8 Å². The molecule has 2 amide bonds. The highest BCUT2D eigenvalue weighted by Gasteiger charge is 2.41. The second-order valence-corrected chi connectivity index (χ2v) is 5.16. The van der Waals surface area contributed by atoms with E-state index in [2.05, 4.69) is 14.9 Å². The first-order valence-electron chi connectivity index (χ1n) is 5.07. The Bertz CT molecular complexity index is 470. The summed E-state index contributed by atoms with van der Waals surface area (Å²) in [5, 5.41) is 6.71. The summed E-state index contributed by atoms with van der Waals surface area (Å²) >= 11 is 1.10. The number of carbonyl (C=O) groups is 2. The normalized spacial score (nSPS) is 20.4. The average molecular weight is 255 g/mol. The number of hydrogen-bond donors (Lipinski definition) is 2. The largest absolute Gasteiger partial charge is 0.388 e. The van der Waals surface area contributed by atoms with Crippen molar-refractivity contribution >= 4 is 28.3 Å². The van der Waals surface area contributed by atoms with Crippen molar-refractivity contribution < 1.29 is 9.59 Å². The van der Waals surface area contributed by atoms with E-state index in [0.29, 0.717) is 17.2 Å². The topological polar surface area (TPSA) is 101 Å². The minimum atomic E-state index is -0.760. The fourth-order valence-corrected chi connectivity index (χ4v) is 2.03. The molecule has 1 aliphatic heterocycles. The summed E-state index contributed by atoms with van der Waals surface area (Å²) in [7, 11) is 0. The van der Waals surface area contributed by atoms with Crippen LogP contribution in [-0.4, -0.2) is 38.4 Å². The number of carbonyl (C=O) groups excluding carboxylic acids is 2. The van der Waals surface area contributed by atoms with Crippen LogP contribution in [0.1, 0.15) is 19.5 Å². The molecule has 1 aliphatic rings. The SMILES string of the molecule is CC1(C)C(=O)NC(=O)CN1Cc1nnsc1N. The van der Waals surface area contributed by atoms with Crippen molar-refractivity contribution in [2.24, 2.45) is 0 Å². The van der Waals surface area contributed by atoms with Gasteiger partial charge in [-0.15, -0.1) is 5.10 Å². The van der Waals surface area contributed by atoms with E-state index in [0.717, 1.165) is 11.5 Å². The smallest absolute Gasteiger partial charge is 0.246 e. The Morgan fingerprint density at radius 3 is 2.82 bits per heavy atom. The lowest BCUT2D eigenvalue weighted by Gasteiger charge is -2.39. The predicted molar refractivity (Wildman–Crippen MR) is 62.0 cm³/mol. The van der Waals surface area contributed by atoms with Gasteiger partial charge in [0.2, 0.25) is 11.8 Å². The molecule has 17 heavy (non-hydrogen) atoms. The Hall–Kier alpha value is -1.54. The highest BCUT2D eigenvalue weighted by Crippen LogP contribution is 2.23. The molecule has 0 saturated carbocycles. The third kappa shape index (κ3) is 2.13. The third-order valence-corrected chi connectivity index (χ3v) is 3.46.